The van der Waals surface area contributed by atoms with Crippen LogP contribution in [0, 0.1) is 0 Å². The SMILES string of the molecule is CC(=O)Oc1cc(-c2cccs2)cc2c1c1c(C(N)=O)cccc1n2Cc1ccccc1. The van der Waals surface area contributed by atoms with Gasteiger partial charge in [-0.15, -0.1) is 11.3 Å². The second-order valence-electron chi connectivity index (χ2n) is 7.58. The molecule has 32 heavy (non-hydrogen) atoms. The highest BCUT2D eigenvalue weighted by molar-refractivity contribution is 7.13. The van der Waals surface area contributed by atoms with Crippen molar-refractivity contribution in [3.8, 4) is 16.2 Å². The number of benzene rings is 3. The molecule has 5 aromatic rings. The van der Waals surface area contributed by atoms with Gasteiger partial charge in [-0.25, -0.2) is 0 Å². The number of carbonyl (C=O) groups excluding carboxylic acids is 2. The third kappa shape index (κ3) is 3.44. The Labute approximate surface area is 188 Å². The molecule has 0 spiro atoms. The summed E-state index contributed by atoms with van der Waals surface area (Å²) in [5.74, 6) is -0.524. The Balaban J connectivity index is 1.91. The van der Waals surface area contributed by atoms with Crippen molar-refractivity contribution < 1.29 is 14.3 Å². The second-order valence-corrected chi connectivity index (χ2v) is 8.52. The molecule has 0 aliphatic heterocycles. The largest absolute Gasteiger partial charge is 0.426 e. The first kappa shape index (κ1) is 20.0. The highest BCUT2D eigenvalue weighted by Gasteiger charge is 2.22. The molecule has 158 valence electrons. The van der Waals surface area contributed by atoms with Gasteiger partial charge in [-0.05, 0) is 46.8 Å². The van der Waals surface area contributed by atoms with Crippen molar-refractivity contribution in [2.45, 2.75) is 13.5 Å². The molecule has 0 aliphatic rings. The van der Waals surface area contributed by atoms with Gasteiger partial charge in [0.15, 0.2) is 0 Å². The molecule has 5 nitrogen and oxygen atoms in total. The molecular weight excluding hydrogens is 420 g/mol. The van der Waals surface area contributed by atoms with E-state index in [4.69, 9.17) is 10.5 Å². The summed E-state index contributed by atoms with van der Waals surface area (Å²) in [7, 11) is 0. The summed E-state index contributed by atoms with van der Waals surface area (Å²) in [6.45, 7) is 1.97. The van der Waals surface area contributed by atoms with Crippen LogP contribution in [0.3, 0.4) is 0 Å². The number of thiophene rings is 1. The van der Waals surface area contributed by atoms with Crippen molar-refractivity contribution >= 4 is 45.0 Å². The Morgan fingerprint density at radius 2 is 1.75 bits per heavy atom. The molecule has 0 saturated carbocycles. The van der Waals surface area contributed by atoms with Gasteiger partial charge in [0.2, 0.25) is 5.91 Å². The standard InChI is InChI=1S/C26H20N2O3S/c1-16(29)31-22-14-18(23-11-6-12-32-23)13-21-25(22)24-19(26(27)30)9-5-10-20(24)28(21)15-17-7-3-2-4-8-17/h2-14H,15H2,1H3,(H2,27,30). The molecule has 0 aliphatic carbocycles. The van der Waals surface area contributed by atoms with Crippen LogP contribution in [0.1, 0.15) is 22.8 Å². The first-order valence-electron chi connectivity index (χ1n) is 10.2. The molecule has 6 heteroatoms. The van der Waals surface area contributed by atoms with E-state index < -0.39 is 11.9 Å². The quantitative estimate of drug-likeness (QED) is 0.286. The summed E-state index contributed by atoms with van der Waals surface area (Å²) >= 11 is 1.61. The number of carbonyl (C=O) groups is 2. The first-order chi connectivity index (χ1) is 15.5. The fourth-order valence-electron chi connectivity index (χ4n) is 4.18. The highest BCUT2D eigenvalue weighted by Crippen LogP contribution is 2.42. The van der Waals surface area contributed by atoms with Crippen LogP contribution in [-0.4, -0.2) is 16.4 Å². The van der Waals surface area contributed by atoms with Gasteiger partial charge in [-0.1, -0.05) is 42.5 Å². The smallest absolute Gasteiger partial charge is 0.308 e. The van der Waals surface area contributed by atoms with Gasteiger partial charge in [-0.3, -0.25) is 9.59 Å². The molecule has 0 bridgehead atoms. The fourth-order valence-corrected chi connectivity index (χ4v) is 4.90. The lowest BCUT2D eigenvalue weighted by Crippen LogP contribution is -2.11. The lowest BCUT2D eigenvalue weighted by Gasteiger charge is -2.10. The summed E-state index contributed by atoms with van der Waals surface area (Å²) in [4.78, 5) is 25.4. The number of nitrogens with two attached hydrogens (primary N) is 1. The molecule has 2 N–H and O–H groups in total. The van der Waals surface area contributed by atoms with Crippen LogP contribution in [0.15, 0.2) is 78.2 Å². The van der Waals surface area contributed by atoms with E-state index in [2.05, 4.69) is 22.8 Å². The maximum atomic E-state index is 12.3. The number of hydrogen-bond acceptors (Lipinski definition) is 4. The van der Waals surface area contributed by atoms with Crippen molar-refractivity contribution in [3.63, 3.8) is 0 Å². The molecule has 2 heterocycles. The fraction of sp³-hybridized carbons (Fsp3) is 0.0769. The van der Waals surface area contributed by atoms with Crippen LogP contribution < -0.4 is 10.5 Å². The Bertz CT molecular complexity index is 1470. The van der Waals surface area contributed by atoms with Crippen LogP contribution in [0.25, 0.3) is 32.2 Å². The lowest BCUT2D eigenvalue weighted by molar-refractivity contribution is -0.131. The van der Waals surface area contributed by atoms with Crippen molar-refractivity contribution in [1.82, 2.24) is 4.57 Å². The van der Waals surface area contributed by atoms with Crippen molar-refractivity contribution in [2.24, 2.45) is 5.73 Å². The number of fused-ring (bicyclic) bond motifs is 3. The van der Waals surface area contributed by atoms with Gasteiger partial charge in [0.1, 0.15) is 5.75 Å². The number of amides is 1. The molecule has 0 saturated heterocycles. The third-order valence-electron chi connectivity index (χ3n) is 5.46. The van der Waals surface area contributed by atoms with E-state index in [1.165, 1.54) is 6.92 Å². The van der Waals surface area contributed by atoms with Gasteiger partial charge in [0, 0.05) is 29.3 Å². The number of aromatic nitrogens is 1. The summed E-state index contributed by atoms with van der Waals surface area (Å²) in [6, 6.07) is 23.6. The maximum Gasteiger partial charge on any atom is 0.308 e. The third-order valence-corrected chi connectivity index (χ3v) is 6.38. The number of ether oxygens (including phenoxy) is 1. The molecule has 3 aromatic carbocycles. The number of esters is 1. The molecule has 0 fully saturated rings. The Morgan fingerprint density at radius 3 is 2.44 bits per heavy atom. The van der Waals surface area contributed by atoms with E-state index >= 15 is 0 Å². The van der Waals surface area contributed by atoms with E-state index in [1.807, 2.05) is 53.9 Å². The predicted octanol–water partition coefficient (Wildman–Crippen LogP) is 5.60. The van der Waals surface area contributed by atoms with E-state index in [9.17, 15) is 9.59 Å². The molecule has 2 aromatic heterocycles. The van der Waals surface area contributed by atoms with Crippen molar-refractivity contribution in [2.75, 3.05) is 0 Å². The number of rotatable bonds is 5. The summed E-state index contributed by atoms with van der Waals surface area (Å²) in [5.41, 5.74) is 9.93. The minimum absolute atomic E-state index is 0.400. The molecule has 5 rings (SSSR count). The van der Waals surface area contributed by atoms with Gasteiger partial charge in [0.05, 0.1) is 16.4 Å². The molecule has 1 amide bonds. The number of hydrogen-bond donors (Lipinski definition) is 1. The Hall–Kier alpha value is -3.90. The maximum absolute atomic E-state index is 12.3. The number of primary amides is 1. The average molecular weight is 441 g/mol. The number of nitrogens with zero attached hydrogens (tertiary/aromatic N) is 1. The zero-order valence-electron chi connectivity index (χ0n) is 17.4. The molecule has 0 unspecified atom stereocenters. The van der Waals surface area contributed by atoms with Crippen LogP contribution in [0.4, 0.5) is 0 Å². The Kier molecular flexibility index (Phi) is 4.99. The molecule has 0 radical (unpaired) electrons. The van der Waals surface area contributed by atoms with Crippen molar-refractivity contribution in [3.05, 3.63) is 89.3 Å². The van der Waals surface area contributed by atoms with E-state index in [0.29, 0.717) is 28.6 Å². The Morgan fingerprint density at radius 1 is 0.938 bits per heavy atom. The average Bonchev–Trinajstić information content (AvgIpc) is 3.41. The van der Waals surface area contributed by atoms with E-state index in [-0.39, 0.29) is 0 Å². The van der Waals surface area contributed by atoms with Crippen LogP contribution in [-0.2, 0) is 11.3 Å². The van der Waals surface area contributed by atoms with Crippen LogP contribution in [0.5, 0.6) is 5.75 Å². The zero-order chi connectivity index (χ0) is 22.2. The summed E-state index contributed by atoms with van der Waals surface area (Å²) < 4.78 is 7.82. The minimum atomic E-state index is -0.523. The summed E-state index contributed by atoms with van der Waals surface area (Å²) in [6.07, 6.45) is 0. The normalized spacial score (nSPS) is 11.2. The summed E-state index contributed by atoms with van der Waals surface area (Å²) in [5, 5.41) is 3.41. The van der Waals surface area contributed by atoms with Crippen molar-refractivity contribution in [1.29, 1.82) is 0 Å². The molecular formula is C26H20N2O3S. The van der Waals surface area contributed by atoms with Crippen LogP contribution >= 0.6 is 11.3 Å². The van der Waals surface area contributed by atoms with Gasteiger partial charge < -0.3 is 15.0 Å². The lowest BCUT2D eigenvalue weighted by atomic mass is 10.0. The van der Waals surface area contributed by atoms with Gasteiger partial charge in [0.25, 0.3) is 0 Å². The minimum Gasteiger partial charge on any atom is -0.426 e. The van der Waals surface area contributed by atoms with Gasteiger partial charge in [-0.2, -0.15) is 0 Å². The topological polar surface area (TPSA) is 74.3 Å². The van der Waals surface area contributed by atoms with Gasteiger partial charge >= 0.3 is 5.97 Å². The van der Waals surface area contributed by atoms with Crippen LogP contribution in [0.2, 0.25) is 0 Å². The second kappa shape index (κ2) is 7.98. The van der Waals surface area contributed by atoms with E-state index in [1.54, 1.807) is 17.4 Å². The predicted molar refractivity (Wildman–Crippen MR) is 128 cm³/mol. The first-order valence-corrected chi connectivity index (χ1v) is 11.1. The monoisotopic (exact) mass is 440 g/mol. The van der Waals surface area contributed by atoms with E-state index in [0.717, 1.165) is 27.0 Å². The molecule has 0 atom stereocenters. The highest BCUT2D eigenvalue weighted by atomic mass is 32.1. The zero-order valence-corrected chi connectivity index (χ0v) is 18.2.